The molecule has 1 atom stereocenters. The second-order valence-corrected chi connectivity index (χ2v) is 3.92. The first-order chi connectivity index (χ1) is 6.18. The van der Waals surface area contributed by atoms with E-state index < -0.39 is 6.10 Å². The molecule has 0 saturated heterocycles. The van der Waals surface area contributed by atoms with Gasteiger partial charge in [0.1, 0.15) is 5.58 Å². The molecule has 0 amide bonds. The first-order valence-electron chi connectivity index (χ1n) is 4.03. The van der Waals surface area contributed by atoms with Crippen molar-refractivity contribution in [2.24, 2.45) is 0 Å². The van der Waals surface area contributed by atoms with E-state index in [1.807, 2.05) is 18.2 Å². The van der Waals surface area contributed by atoms with Crippen molar-refractivity contribution in [2.75, 3.05) is 0 Å². The van der Waals surface area contributed by atoms with Gasteiger partial charge in [0.15, 0.2) is 0 Å². The standard InChI is InChI=1S/C10H9BrO2/c1-6(12)9-4-7(11)5-10-8(9)2-3-13-10/h2-6,12H,1H3/t6-/m0/s1. The van der Waals surface area contributed by atoms with Crippen LogP contribution in [0.2, 0.25) is 0 Å². The lowest BCUT2D eigenvalue weighted by molar-refractivity contribution is 0.201. The summed E-state index contributed by atoms with van der Waals surface area (Å²) >= 11 is 3.37. The lowest BCUT2D eigenvalue weighted by Gasteiger charge is -2.06. The Bertz CT molecular complexity index is 431. The zero-order valence-electron chi connectivity index (χ0n) is 7.12. The fourth-order valence-electron chi connectivity index (χ4n) is 1.41. The van der Waals surface area contributed by atoms with Crippen LogP contribution < -0.4 is 0 Å². The Kier molecular flexibility index (Phi) is 2.14. The summed E-state index contributed by atoms with van der Waals surface area (Å²) in [4.78, 5) is 0. The van der Waals surface area contributed by atoms with Gasteiger partial charge < -0.3 is 9.52 Å². The molecule has 0 radical (unpaired) electrons. The van der Waals surface area contributed by atoms with E-state index >= 15 is 0 Å². The number of hydrogen-bond acceptors (Lipinski definition) is 2. The van der Waals surface area contributed by atoms with Crippen molar-refractivity contribution < 1.29 is 9.52 Å². The van der Waals surface area contributed by atoms with Gasteiger partial charge >= 0.3 is 0 Å². The van der Waals surface area contributed by atoms with Crippen LogP contribution in [0, 0.1) is 0 Å². The van der Waals surface area contributed by atoms with Crippen LogP contribution in [-0.2, 0) is 0 Å². The highest BCUT2D eigenvalue weighted by Gasteiger charge is 2.09. The summed E-state index contributed by atoms with van der Waals surface area (Å²) < 4.78 is 6.17. The van der Waals surface area contributed by atoms with Gasteiger partial charge in [0.05, 0.1) is 12.4 Å². The molecule has 1 N–H and O–H groups in total. The molecule has 2 nitrogen and oxygen atoms in total. The van der Waals surface area contributed by atoms with Gasteiger partial charge in [0.25, 0.3) is 0 Å². The Morgan fingerprint density at radius 2 is 2.23 bits per heavy atom. The molecular weight excluding hydrogens is 232 g/mol. The van der Waals surface area contributed by atoms with E-state index in [9.17, 15) is 5.11 Å². The second-order valence-electron chi connectivity index (χ2n) is 3.00. The average Bonchev–Trinajstić information content (AvgIpc) is 2.49. The summed E-state index contributed by atoms with van der Waals surface area (Å²) in [5.74, 6) is 0. The van der Waals surface area contributed by atoms with Crippen LogP contribution in [0.1, 0.15) is 18.6 Å². The van der Waals surface area contributed by atoms with E-state index in [2.05, 4.69) is 15.9 Å². The Hall–Kier alpha value is -0.800. The van der Waals surface area contributed by atoms with E-state index in [-0.39, 0.29) is 0 Å². The van der Waals surface area contributed by atoms with Crippen LogP contribution in [-0.4, -0.2) is 5.11 Å². The number of fused-ring (bicyclic) bond motifs is 1. The molecule has 0 saturated carbocycles. The van der Waals surface area contributed by atoms with Gasteiger partial charge in [-0.05, 0) is 30.7 Å². The average molecular weight is 241 g/mol. The lowest BCUT2D eigenvalue weighted by atomic mass is 10.1. The van der Waals surface area contributed by atoms with E-state index in [1.54, 1.807) is 13.2 Å². The predicted octanol–water partition coefficient (Wildman–Crippen LogP) is 3.25. The number of furan rings is 1. The molecular formula is C10H9BrO2. The highest BCUT2D eigenvalue weighted by atomic mass is 79.9. The van der Waals surface area contributed by atoms with Crippen LogP contribution in [0.15, 0.2) is 33.4 Å². The predicted molar refractivity (Wildman–Crippen MR) is 54.5 cm³/mol. The normalized spacial score (nSPS) is 13.5. The van der Waals surface area contributed by atoms with Crippen LogP contribution in [0.3, 0.4) is 0 Å². The third-order valence-corrected chi connectivity index (χ3v) is 2.48. The monoisotopic (exact) mass is 240 g/mol. The third-order valence-electron chi connectivity index (χ3n) is 2.02. The van der Waals surface area contributed by atoms with Crippen molar-refractivity contribution in [3.63, 3.8) is 0 Å². The molecule has 1 aromatic carbocycles. The van der Waals surface area contributed by atoms with Crippen molar-refractivity contribution in [2.45, 2.75) is 13.0 Å². The molecule has 68 valence electrons. The summed E-state index contributed by atoms with van der Waals surface area (Å²) in [5, 5.41) is 10.5. The summed E-state index contributed by atoms with van der Waals surface area (Å²) in [6.07, 6.45) is 1.15. The third kappa shape index (κ3) is 1.49. The fraction of sp³-hybridized carbons (Fsp3) is 0.200. The molecule has 1 aromatic heterocycles. The van der Waals surface area contributed by atoms with E-state index in [0.29, 0.717) is 0 Å². The highest BCUT2D eigenvalue weighted by molar-refractivity contribution is 9.10. The molecule has 13 heavy (non-hydrogen) atoms. The van der Waals surface area contributed by atoms with Gasteiger partial charge in [-0.2, -0.15) is 0 Å². The number of aliphatic hydroxyl groups excluding tert-OH is 1. The van der Waals surface area contributed by atoms with Crippen molar-refractivity contribution in [3.05, 3.63) is 34.5 Å². The number of benzene rings is 1. The van der Waals surface area contributed by atoms with Crippen LogP contribution in [0.5, 0.6) is 0 Å². The van der Waals surface area contributed by atoms with Crippen LogP contribution in [0.4, 0.5) is 0 Å². The van der Waals surface area contributed by atoms with E-state index in [0.717, 1.165) is 21.0 Å². The van der Waals surface area contributed by atoms with Gasteiger partial charge in [-0.1, -0.05) is 15.9 Å². The van der Waals surface area contributed by atoms with Gasteiger partial charge in [0, 0.05) is 9.86 Å². The zero-order valence-corrected chi connectivity index (χ0v) is 8.71. The molecule has 2 rings (SSSR count). The molecule has 0 aliphatic rings. The van der Waals surface area contributed by atoms with Crippen LogP contribution in [0.25, 0.3) is 11.0 Å². The summed E-state index contributed by atoms with van der Waals surface area (Å²) in [6, 6.07) is 5.66. The van der Waals surface area contributed by atoms with E-state index in [1.165, 1.54) is 0 Å². The van der Waals surface area contributed by atoms with Crippen molar-refractivity contribution in [3.8, 4) is 0 Å². The minimum Gasteiger partial charge on any atom is -0.464 e. The minimum atomic E-state index is -0.474. The molecule has 2 aromatic rings. The number of rotatable bonds is 1. The maximum Gasteiger partial charge on any atom is 0.135 e. The van der Waals surface area contributed by atoms with Gasteiger partial charge in [0.2, 0.25) is 0 Å². The molecule has 3 heteroatoms. The van der Waals surface area contributed by atoms with Gasteiger partial charge in [-0.25, -0.2) is 0 Å². The first-order valence-corrected chi connectivity index (χ1v) is 4.82. The van der Waals surface area contributed by atoms with Gasteiger partial charge in [-0.3, -0.25) is 0 Å². The van der Waals surface area contributed by atoms with Crippen molar-refractivity contribution >= 4 is 26.9 Å². The minimum absolute atomic E-state index is 0.474. The molecule has 0 fully saturated rings. The number of aliphatic hydroxyl groups is 1. The van der Waals surface area contributed by atoms with Crippen LogP contribution >= 0.6 is 15.9 Å². The summed E-state index contributed by atoms with van der Waals surface area (Å²) in [7, 11) is 0. The number of halogens is 1. The van der Waals surface area contributed by atoms with E-state index in [4.69, 9.17) is 4.42 Å². The fourth-order valence-corrected chi connectivity index (χ4v) is 1.86. The molecule has 0 aliphatic carbocycles. The first kappa shape index (κ1) is 8.78. The summed E-state index contributed by atoms with van der Waals surface area (Å²) in [6.45, 7) is 1.74. The molecule has 0 spiro atoms. The highest BCUT2D eigenvalue weighted by Crippen LogP contribution is 2.29. The topological polar surface area (TPSA) is 33.4 Å². The van der Waals surface area contributed by atoms with Crippen molar-refractivity contribution in [1.29, 1.82) is 0 Å². The lowest BCUT2D eigenvalue weighted by Crippen LogP contribution is -1.91. The summed E-state index contributed by atoms with van der Waals surface area (Å²) in [5.41, 5.74) is 1.68. The molecule has 1 heterocycles. The maximum absolute atomic E-state index is 9.50. The maximum atomic E-state index is 9.50. The second kappa shape index (κ2) is 3.16. The quantitative estimate of drug-likeness (QED) is 0.831. The van der Waals surface area contributed by atoms with Crippen molar-refractivity contribution in [1.82, 2.24) is 0 Å². The molecule has 0 aliphatic heterocycles. The zero-order chi connectivity index (χ0) is 9.42. The Labute approximate surface area is 84.3 Å². The Morgan fingerprint density at radius 3 is 2.92 bits per heavy atom. The number of hydrogen-bond donors (Lipinski definition) is 1. The molecule has 0 unspecified atom stereocenters. The largest absolute Gasteiger partial charge is 0.464 e. The Balaban J connectivity index is 2.77. The molecule has 0 bridgehead atoms. The SMILES string of the molecule is C[C@H](O)c1cc(Br)cc2occc12. The van der Waals surface area contributed by atoms with Gasteiger partial charge in [-0.15, -0.1) is 0 Å². The smallest absolute Gasteiger partial charge is 0.135 e. The Morgan fingerprint density at radius 1 is 1.46 bits per heavy atom.